The number of rotatable bonds is 3. The van der Waals surface area contributed by atoms with E-state index >= 15 is 0 Å². The van der Waals surface area contributed by atoms with Crippen LogP contribution in [0.2, 0.25) is 0 Å². The van der Waals surface area contributed by atoms with Crippen molar-refractivity contribution in [1.29, 1.82) is 0 Å². The summed E-state index contributed by atoms with van der Waals surface area (Å²) in [4.78, 5) is 11.5. The molecule has 11 heavy (non-hydrogen) atoms. The third-order valence-corrected chi connectivity index (χ3v) is 2.29. The largest absolute Gasteiger partial charge is 0.342 e. The van der Waals surface area contributed by atoms with E-state index in [0.717, 1.165) is 6.42 Å². The Morgan fingerprint density at radius 2 is 2.55 bits per heavy atom. The molecule has 0 aliphatic carbocycles. The van der Waals surface area contributed by atoms with Gasteiger partial charge in [0.05, 0.1) is 0 Å². The maximum Gasteiger partial charge on any atom is 0.313 e. The van der Waals surface area contributed by atoms with Crippen LogP contribution in [0.5, 0.6) is 0 Å². The van der Waals surface area contributed by atoms with E-state index in [9.17, 15) is 4.79 Å². The van der Waals surface area contributed by atoms with Gasteiger partial charge in [0.2, 0.25) is 0 Å². The van der Waals surface area contributed by atoms with Crippen LogP contribution in [-0.4, -0.2) is 11.9 Å². The zero-order chi connectivity index (χ0) is 8.10. The van der Waals surface area contributed by atoms with Gasteiger partial charge in [-0.25, -0.2) is 0 Å². The molecular weight excluding hydrogens is 182 g/mol. The number of hydrogen-bond donors (Lipinski definition) is 1. The summed E-state index contributed by atoms with van der Waals surface area (Å²) in [6.07, 6.45) is 0.857. The molecule has 0 saturated heterocycles. The van der Waals surface area contributed by atoms with Crippen LogP contribution in [0.3, 0.4) is 0 Å². The summed E-state index contributed by atoms with van der Waals surface area (Å²) in [6, 6.07) is 4.02. The zero-order valence-electron chi connectivity index (χ0n) is 5.84. The molecule has 0 fully saturated rings. The summed E-state index contributed by atoms with van der Waals surface area (Å²) < 4.78 is 0. The predicted molar refractivity (Wildman–Crippen MR) is 47.3 cm³/mol. The van der Waals surface area contributed by atoms with Gasteiger partial charge in [0, 0.05) is 11.4 Å². The van der Waals surface area contributed by atoms with Crippen molar-refractivity contribution in [3.63, 3.8) is 0 Å². The second-order valence-electron chi connectivity index (χ2n) is 2.03. The third-order valence-electron chi connectivity index (χ3n) is 1.22. The van der Waals surface area contributed by atoms with Crippen molar-refractivity contribution in [1.82, 2.24) is 5.32 Å². The molecule has 0 bridgehead atoms. The van der Waals surface area contributed by atoms with Crippen molar-refractivity contribution >= 4 is 28.3 Å². The van der Waals surface area contributed by atoms with Crippen LogP contribution >= 0.6 is 22.9 Å². The van der Waals surface area contributed by atoms with E-state index in [1.54, 1.807) is 11.3 Å². The first-order valence-electron chi connectivity index (χ1n) is 3.25. The first kappa shape index (κ1) is 8.56. The molecule has 0 radical (unpaired) electrons. The summed E-state index contributed by atoms with van der Waals surface area (Å²) in [5, 5.41) is 4.04. The second-order valence-corrected chi connectivity index (χ2v) is 3.41. The predicted octanol–water partition coefficient (Wildman–Crippen LogP) is 2.24. The maximum atomic E-state index is 10.2. The Kier molecular flexibility index (Phi) is 3.39. The molecule has 0 aliphatic heterocycles. The fourth-order valence-corrected chi connectivity index (χ4v) is 1.54. The number of hydrogen-bond acceptors (Lipinski definition) is 2. The van der Waals surface area contributed by atoms with E-state index < -0.39 is 5.37 Å². The number of carbonyl (C=O) groups excluding carboxylic acids is 1. The molecule has 1 aromatic rings. The molecule has 0 unspecified atom stereocenters. The Balaban J connectivity index is 2.19. The zero-order valence-corrected chi connectivity index (χ0v) is 7.41. The van der Waals surface area contributed by atoms with Crippen molar-refractivity contribution in [3.8, 4) is 0 Å². The smallest absolute Gasteiger partial charge is 0.313 e. The third kappa shape index (κ3) is 3.39. The van der Waals surface area contributed by atoms with Crippen molar-refractivity contribution < 1.29 is 4.79 Å². The van der Waals surface area contributed by atoms with Crippen molar-refractivity contribution in [2.24, 2.45) is 0 Å². The lowest BCUT2D eigenvalue weighted by atomic mass is 10.3. The van der Waals surface area contributed by atoms with Crippen LogP contribution in [0.25, 0.3) is 0 Å². The van der Waals surface area contributed by atoms with Gasteiger partial charge in [-0.15, -0.1) is 11.3 Å². The molecule has 1 N–H and O–H groups in total. The Labute approximate surface area is 74.2 Å². The highest BCUT2D eigenvalue weighted by Gasteiger charge is 1.94. The average Bonchev–Trinajstić information content (AvgIpc) is 2.39. The van der Waals surface area contributed by atoms with Gasteiger partial charge in [0.1, 0.15) is 0 Å². The molecule has 4 heteroatoms. The van der Waals surface area contributed by atoms with Crippen LogP contribution in [0.15, 0.2) is 17.5 Å². The van der Waals surface area contributed by atoms with E-state index in [1.807, 2.05) is 17.5 Å². The average molecular weight is 190 g/mol. The molecule has 0 atom stereocenters. The van der Waals surface area contributed by atoms with E-state index in [-0.39, 0.29) is 0 Å². The highest BCUT2D eigenvalue weighted by molar-refractivity contribution is 7.09. The highest BCUT2D eigenvalue weighted by atomic mass is 35.5. The molecule has 0 aliphatic rings. The van der Waals surface area contributed by atoms with Gasteiger partial charge < -0.3 is 5.32 Å². The Bertz CT molecular complexity index is 222. The molecular formula is C7H8ClNOS. The molecule has 1 heterocycles. The minimum atomic E-state index is -0.485. The van der Waals surface area contributed by atoms with Crippen LogP contribution < -0.4 is 5.32 Å². The molecule has 0 spiro atoms. The molecule has 1 rings (SSSR count). The molecule has 1 amide bonds. The van der Waals surface area contributed by atoms with Crippen molar-refractivity contribution in [2.45, 2.75) is 6.42 Å². The summed E-state index contributed by atoms with van der Waals surface area (Å²) >= 11 is 6.75. The second kappa shape index (κ2) is 4.36. The number of nitrogens with one attached hydrogen (secondary N) is 1. The van der Waals surface area contributed by atoms with Gasteiger partial charge in [-0.2, -0.15) is 0 Å². The Hall–Kier alpha value is -0.540. The Morgan fingerprint density at radius 3 is 3.09 bits per heavy atom. The van der Waals surface area contributed by atoms with Crippen molar-refractivity contribution in [2.75, 3.05) is 6.54 Å². The van der Waals surface area contributed by atoms with Gasteiger partial charge in [-0.1, -0.05) is 6.07 Å². The Morgan fingerprint density at radius 1 is 1.73 bits per heavy atom. The highest BCUT2D eigenvalue weighted by Crippen LogP contribution is 2.07. The fraction of sp³-hybridized carbons (Fsp3) is 0.286. The molecule has 0 saturated carbocycles. The molecule has 1 aromatic heterocycles. The number of thiophene rings is 1. The fourth-order valence-electron chi connectivity index (χ4n) is 0.739. The minimum Gasteiger partial charge on any atom is -0.342 e. The van der Waals surface area contributed by atoms with Gasteiger partial charge in [-0.05, 0) is 29.5 Å². The van der Waals surface area contributed by atoms with Gasteiger partial charge >= 0.3 is 5.37 Å². The van der Waals surface area contributed by atoms with Crippen LogP contribution in [0, 0.1) is 0 Å². The lowest BCUT2D eigenvalue weighted by Gasteiger charge is -1.96. The van der Waals surface area contributed by atoms with Crippen LogP contribution in [0.4, 0.5) is 4.79 Å². The lowest BCUT2D eigenvalue weighted by Crippen LogP contribution is -2.18. The van der Waals surface area contributed by atoms with Crippen LogP contribution in [-0.2, 0) is 6.42 Å². The van der Waals surface area contributed by atoms with E-state index in [2.05, 4.69) is 5.32 Å². The first-order chi connectivity index (χ1) is 5.29. The van der Waals surface area contributed by atoms with Gasteiger partial charge in [0.15, 0.2) is 0 Å². The van der Waals surface area contributed by atoms with Crippen LogP contribution in [0.1, 0.15) is 4.88 Å². The maximum absolute atomic E-state index is 10.2. The summed E-state index contributed by atoms with van der Waals surface area (Å²) in [7, 11) is 0. The molecule has 60 valence electrons. The minimum absolute atomic E-state index is 0.485. The lowest BCUT2D eigenvalue weighted by molar-refractivity contribution is 0.260. The molecule has 0 aromatic carbocycles. The van der Waals surface area contributed by atoms with E-state index in [1.165, 1.54) is 4.88 Å². The molecule has 2 nitrogen and oxygen atoms in total. The first-order valence-corrected chi connectivity index (χ1v) is 4.50. The topological polar surface area (TPSA) is 29.1 Å². The standard InChI is InChI=1S/C7H8ClNOS/c8-7(10)9-4-3-6-2-1-5-11-6/h1-2,5H,3-4H2,(H,9,10). The number of halogens is 1. The van der Waals surface area contributed by atoms with E-state index in [4.69, 9.17) is 11.6 Å². The summed E-state index contributed by atoms with van der Waals surface area (Å²) in [6.45, 7) is 0.614. The summed E-state index contributed by atoms with van der Waals surface area (Å²) in [5.41, 5.74) is 0. The van der Waals surface area contributed by atoms with Gasteiger partial charge in [0.25, 0.3) is 0 Å². The SMILES string of the molecule is O=C(Cl)NCCc1cccs1. The van der Waals surface area contributed by atoms with Crippen molar-refractivity contribution in [3.05, 3.63) is 22.4 Å². The van der Waals surface area contributed by atoms with E-state index in [0.29, 0.717) is 6.54 Å². The number of carbonyl (C=O) groups is 1. The summed E-state index contributed by atoms with van der Waals surface area (Å²) in [5.74, 6) is 0. The van der Waals surface area contributed by atoms with Gasteiger partial charge in [-0.3, -0.25) is 4.79 Å². The quantitative estimate of drug-likeness (QED) is 0.574. The number of amides is 1. The monoisotopic (exact) mass is 189 g/mol. The normalized spacial score (nSPS) is 9.55.